The summed E-state index contributed by atoms with van der Waals surface area (Å²) in [5, 5.41) is 2.80. The van der Waals surface area contributed by atoms with Crippen molar-refractivity contribution in [2.45, 2.75) is 6.18 Å². The van der Waals surface area contributed by atoms with Crippen molar-refractivity contribution < 1.29 is 27.5 Å². The Morgan fingerprint density at radius 2 is 1.63 bits per heavy atom. The monoisotopic (exact) mass is 477 g/mol. The van der Waals surface area contributed by atoms with Crippen LogP contribution in [0.5, 0.6) is 0 Å². The van der Waals surface area contributed by atoms with E-state index in [9.17, 15) is 22.8 Å². The van der Waals surface area contributed by atoms with Gasteiger partial charge in [0, 0.05) is 15.7 Å². The van der Waals surface area contributed by atoms with Gasteiger partial charge in [-0.25, -0.2) is 4.79 Å². The van der Waals surface area contributed by atoms with Gasteiger partial charge in [-0.2, -0.15) is 13.2 Å². The summed E-state index contributed by atoms with van der Waals surface area (Å²) in [7, 11) is 0. The largest absolute Gasteiger partial charge is 0.454 e. The van der Waals surface area contributed by atoms with E-state index in [0.717, 1.165) is 16.6 Å². The molecule has 0 saturated carbocycles. The number of anilines is 2. The number of ketones is 1. The smallest absolute Gasteiger partial charge is 0.416 e. The van der Waals surface area contributed by atoms with E-state index in [4.69, 9.17) is 4.74 Å². The molecule has 0 bridgehead atoms. The number of halogens is 4. The number of Topliss-reactive ketones (excluding diaryl/α,β-unsaturated/α-hetero) is 1. The molecule has 0 unspecified atom stereocenters. The Hall–Kier alpha value is -3.13. The molecule has 3 rings (SSSR count). The highest BCUT2D eigenvalue weighted by Gasteiger charge is 2.30. The molecule has 0 saturated heterocycles. The number of carbonyl (C=O) groups is 2. The molecule has 0 heterocycles. The van der Waals surface area contributed by atoms with Crippen LogP contribution in [0, 0.1) is 0 Å². The summed E-state index contributed by atoms with van der Waals surface area (Å²) >= 11 is 3.27. The number of hydrogen-bond acceptors (Lipinski definition) is 4. The summed E-state index contributed by atoms with van der Waals surface area (Å²) in [6.07, 6.45) is -4.48. The molecule has 0 aliphatic rings. The van der Waals surface area contributed by atoms with Gasteiger partial charge in [-0.3, -0.25) is 4.79 Å². The highest BCUT2D eigenvalue weighted by Crippen LogP contribution is 2.32. The lowest BCUT2D eigenvalue weighted by atomic mass is 10.1. The van der Waals surface area contributed by atoms with Crippen molar-refractivity contribution in [2.75, 3.05) is 11.9 Å². The van der Waals surface area contributed by atoms with E-state index in [2.05, 4.69) is 21.2 Å². The molecule has 0 aliphatic heterocycles. The second-order valence-electron chi connectivity index (χ2n) is 6.26. The van der Waals surface area contributed by atoms with Crippen LogP contribution >= 0.6 is 15.9 Å². The van der Waals surface area contributed by atoms with Crippen LogP contribution in [-0.2, 0) is 10.9 Å². The van der Waals surface area contributed by atoms with Gasteiger partial charge in [0.05, 0.1) is 16.8 Å². The summed E-state index contributed by atoms with van der Waals surface area (Å²) in [4.78, 5) is 24.7. The van der Waals surface area contributed by atoms with Gasteiger partial charge in [-0.15, -0.1) is 0 Å². The first-order chi connectivity index (χ1) is 14.2. The number of ether oxygens (including phenoxy) is 1. The van der Waals surface area contributed by atoms with E-state index in [1.807, 2.05) is 0 Å². The van der Waals surface area contributed by atoms with Gasteiger partial charge in [0.25, 0.3) is 0 Å². The first-order valence-electron chi connectivity index (χ1n) is 8.73. The minimum atomic E-state index is -4.48. The van der Waals surface area contributed by atoms with Crippen LogP contribution in [0.2, 0.25) is 0 Å². The standard InChI is InChI=1S/C22H15BrF3NO3/c23-16-10-8-14(9-11-16)20(28)13-30-21(29)18-6-1-2-7-19(18)27-17-5-3-4-15(12-17)22(24,25)26/h1-12,27H,13H2. The van der Waals surface area contributed by atoms with Crippen molar-refractivity contribution in [1.29, 1.82) is 0 Å². The Balaban J connectivity index is 1.72. The molecule has 1 N–H and O–H groups in total. The summed E-state index contributed by atoms with van der Waals surface area (Å²) in [5.74, 6) is -1.14. The first-order valence-corrected chi connectivity index (χ1v) is 9.52. The van der Waals surface area contributed by atoms with Gasteiger partial charge in [-0.05, 0) is 42.5 Å². The lowest BCUT2D eigenvalue weighted by molar-refractivity contribution is -0.137. The molecule has 30 heavy (non-hydrogen) atoms. The van der Waals surface area contributed by atoms with E-state index < -0.39 is 24.3 Å². The molecule has 8 heteroatoms. The molecule has 0 spiro atoms. The van der Waals surface area contributed by atoms with Crippen LogP contribution < -0.4 is 5.32 Å². The number of carbonyl (C=O) groups excluding carboxylic acids is 2. The normalized spacial score (nSPS) is 11.1. The van der Waals surface area contributed by atoms with Gasteiger partial charge in [0.2, 0.25) is 0 Å². The van der Waals surface area contributed by atoms with Crippen molar-refractivity contribution in [3.8, 4) is 0 Å². The van der Waals surface area contributed by atoms with Gasteiger partial charge < -0.3 is 10.1 Å². The molecule has 0 amide bonds. The predicted octanol–water partition coefficient (Wildman–Crippen LogP) is 6.25. The van der Waals surface area contributed by atoms with Crippen LogP contribution in [0.3, 0.4) is 0 Å². The van der Waals surface area contributed by atoms with E-state index in [-0.39, 0.29) is 22.7 Å². The number of alkyl halides is 3. The maximum Gasteiger partial charge on any atom is 0.416 e. The van der Waals surface area contributed by atoms with E-state index >= 15 is 0 Å². The molecule has 4 nitrogen and oxygen atoms in total. The Kier molecular flexibility index (Phi) is 6.56. The van der Waals surface area contributed by atoms with Crippen LogP contribution in [0.25, 0.3) is 0 Å². The van der Waals surface area contributed by atoms with Gasteiger partial charge in [-0.1, -0.05) is 46.3 Å². The second-order valence-corrected chi connectivity index (χ2v) is 7.17. The predicted molar refractivity (Wildman–Crippen MR) is 110 cm³/mol. The average molecular weight is 478 g/mol. The minimum Gasteiger partial charge on any atom is -0.454 e. The maximum atomic E-state index is 12.9. The lowest BCUT2D eigenvalue weighted by Gasteiger charge is -2.13. The Labute approximate surface area is 178 Å². The van der Waals surface area contributed by atoms with E-state index in [0.29, 0.717) is 5.56 Å². The fourth-order valence-corrected chi connectivity index (χ4v) is 2.89. The topological polar surface area (TPSA) is 55.4 Å². The highest BCUT2D eigenvalue weighted by atomic mass is 79.9. The van der Waals surface area contributed by atoms with Crippen LogP contribution in [0.15, 0.2) is 77.3 Å². The zero-order valence-corrected chi connectivity index (χ0v) is 17.0. The third-order valence-corrected chi connectivity index (χ3v) is 4.65. The molecule has 0 atom stereocenters. The molecule has 154 valence electrons. The third-order valence-electron chi connectivity index (χ3n) is 4.12. The van der Waals surface area contributed by atoms with Crippen molar-refractivity contribution in [3.63, 3.8) is 0 Å². The molecule has 0 aromatic heterocycles. The maximum absolute atomic E-state index is 12.9. The lowest BCUT2D eigenvalue weighted by Crippen LogP contribution is -2.15. The fraction of sp³-hybridized carbons (Fsp3) is 0.0909. The number of nitrogens with one attached hydrogen (secondary N) is 1. The number of esters is 1. The molecule has 3 aromatic carbocycles. The van der Waals surface area contributed by atoms with Gasteiger partial charge >= 0.3 is 12.1 Å². The summed E-state index contributed by atoms with van der Waals surface area (Å²) in [5.41, 5.74) is 0.0986. The molecule has 3 aromatic rings. The van der Waals surface area contributed by atoms with Crippen molar-refractivity contribution in [3.05, 3.63) is 94.0 Å². The Morgan fingerprint density at radius 1 is 0.933 bits per heavy atom. The van der Waals surface area contributed by atoms with Crippen LogP contribution in [-0.4, -0.2) is 18.4 Å². The molecule has 0 fully saturated rings. The molecule has 0 aliphatic carbocycles. The SMILES string of the molecule is O=C(COC(=O)c1ccccc1Nc1cccc(C(F)(F)F)c1)c1ccc(Br)cc1. The second kappa shape index (κ2) is 9.13. The zero-order chi connectivity index (χ0) is 21.7. The number of para-hydroxylation sites is 1. The Bertz CT molecular complexity index is 1070. The van der Waals surface area contributed by atoms with Crippen LogP contribution in [0.1, 0.15) is 26.3 Å². The van der Waals surface area contributed by atoms with E-state index in [1.54, 1.807) is 36.4 Å². The van der Waals surface area contributed by atoms with Crippen molar-refractivity contribution in [2.24, 2.45) is 0 Å². The van der Waals surface area contributed by atoms with Gasteiger partial charge in [0.1, 0.15) is 0 Å². The minimum absolute atomic E-state index is 0.0958. The highest BCUT2D eigenvalue weighted by molar-refractivity contribution is 9.10. The van der Waals surface area contributed by atoms with E-state index in [1.165, 1.54) is 24.3 Å². The van der Waals surface area contributed by atoms with Gasteiger partial charge in [0.15, 0.2) is 12.4 Å². The van der Waals surface area contributed by atoms with Crippen molar-refractivity contribution >= 4 is 39.1 Å². The summed E-state index contributed by atoms with van der Waals surface area (Å²) in [6, 6.07) is 17.4. The molecule has 0 radical (unpaired) electrons. The fourth-order valence-electron chi connectivity index (χ4n) is 2.63. The average Bonchev–Trinajstić information content (AvgIpc) is 2.72. The Morgan fingerprint density at radius 3 is 2.33 bits per heavy atom. The number of hydrogen-bond donors (Lipinski definition) is 1. The summed E-state index contributed by atoms with van der Waals surface area (Å²) in [6.45, 7) is -0.460. The first kappa shape index (κ1) is 21.6. The molecular weight excluding hydrogens is 463 g/mol. The third kappa shape index (κ3) is 5.48. The van der Waals surface area contributed by atoms with Crippen molar-refractivity contribution in [1.82, 2.24) is 0 Å². The molecular formula is C22H15BrF3NO3. The quantitative estimate of drug-likeness (QED) is 0.336. The summed E-state index contributed by atoms with van der Waals surface area (Å²) < 4.78 is 44.7. The van der Waals surface area contributed by atoms with Crippen LogP contribution in [0.4, 0.5) is 24.5 Å². The number of rotatable bonds is 6. The number of benzene rings is 3. The zero-order valence-electron chi connectivity index (χ0n) is 15.4.